The summed E-state index contributed by atoms with van der Waals surface area (Å²) in [6.07, 6.45) is 0. The van der Waals surface area contributed by atoms with Crippen molar-refractivity contribution in [2.24, 2.45) is 0 Å². The van der Waals surface area contributed by atoms with E-state index in [1.54, 1.807) is 18.6 Å². The first-order chi connectivity index (χ1) is 11.9. The largest absolute Gasteiger partial charge is 0.497 e. The van der Waals surface area contributed by atoms with E-state index in [0.29, 0.717) is 0 Å². The molecular weight excluding hydrogens is 348 g/mol. The lowest BCUT2D eigenvalue weighted by Crippen LogP contribution is -2.31. The molecule has 0 fully saturated rings. The van der Waals surface area contributed by atoms with Gasteiger partial charge in [-0.05, 0) is 67.2 Å². The van der Waals surface area contributed by atoms with Crippen molar-refractivity contribution in [1.29, 1.82) is 0 Å². The predicted octanol–water partition coefficient (Wildman–Crippen LogP) is 5.91. The summed E-state index contributed by atoms with van der Waals surface area (Å²) in [5.41, 5.74) is 5.67. The Morgan fingerprint density at radius 1 is 1.16 bits per heavy atom. The Balaban J connectivity index is 2.01. The molecule has 0 spiro atoms. The van der Waals surface area contributed by atoms with E-state index in [0.717, 1.165) is 32.2 Å². The average Bonchev–Trinajstić information content (AvgIpc) is 2.90. The van der Waals surface area contributed by atoms with E-state index in [1.807, 2.05) is 6.07 Å². The molecule has 5 heteroatoms. The molecule has 1 aliphatic rings. The van der Waals surface area contributed by atoms with E-state index < -0.39 is 0 Å². The minimum atomic E-state index is -0.162. The number of nitrogens with one attached hydrogen (secondary N) is 1. The van der Waals surface area contributed by atoms with Gasteiger partial charge in [-0.2, -0.15) is 0 Å². The van der Waals surface area contributed by atoms with Crippen LogP contribution in [0.1, 0.15) is 25.0 Å². The van der Waals surface area contributed by atoms with Gasteiger partial charge in [-0.25, -0.2) is 0 Å². The van der Waals surface area contributed by atoms with Crippen LogP contribution < -0.4 is 10.1 Å². The summed E-state index contributed by atoms with van der Waals surface area (Å²) in [5, 5.41) is 4.78. The number of nitrogens with zero attached hydrogens (tertiary/aromatic N) is 1. The van der Waals surface area contributed by atoms with E-state index in [9.17, 15) is 0 Å². The van der Waals surface area contributed by atoms with Crippen molar-refractivity contribution in [2.75, 3.05) is 12.4 Å². The van der Waals surface area contributed by atoms with Crippen LogP contribution in [0.2, 0.25) is 0 Å². The second kappa shape index (κ2) is 5.71. The number of fused-ring (bicyclic) bond motifs is 3. The molecule has 2 aromatic carbocycles. The first-order valence-corrected chi connectivity index (χ1v) is 9.40. The predicted molar refractivity (Wildman–Crippen MR) is 108 cm³/mol. The fourth-order valence-corrected chi connectivity index (χ4v) is 5.15. The Morgan fingerprint density at radius 2 is 1.92 bits per heavy atom. The van der Waals surface area contributed by atoms with Crippen molar-refractivity contribution in [3.05, 3.63) is 58.2 Å². The number of aryl methyl sites for hydroxylation is 1. The molecule has 0 aliphatic carbocycles. The fraction of sp³-hybridized carbons (Fsp3) is 0.250. The Hall–Kier alpha value is -2.11. The third kappa shape index (κ3) is 2.50. The van der Waals surface area contributed by atoms with Gasteiger partial charge in [0, 0.05) is 0 Å². The molecular formula is C20H20N2OS2. The number of anilines is 1. The van der Waals surface area contributed by atoms with Crippen molar-refractivity contribution < 1.29 is 4.74 Å². The standard InChI is InChI=1S/C20H20N2OS2/c1-12-7-5-6-8-16(12)22-19(24)17-14-11-13(23-4)9-10-15(14)20(2,3)21-18(17)25-22/h5-11,21H,1-4H3. The molecule has 4 rings (SSSR count). The number of benzene rings is 2. The van der Waals surface area contributed by atoms with Crippen molar-refractivity contribution in [3.63, 3.8) is 0 Å². The molecule has 1 N–H and O–H groups in total. The summed E-state index contributed by atoms with van der Waals surface area (Å²) >= 11 is 7.55. The Bertz CT molecular complexity index is 1030. The third-order valence-electron chi connectivity index (χ3n) is 4.74. The molecule has 0 unspecified atom stereocenters. The highest BCUT2D eigenvalue weighted by molar-refractivity contribution is 7.71. The van der Waals surface area contributed by atoms with Crippen molar-refractivity contribution in [1.82, 2.24) is 3.96 Å². The van der Waals surface area contributed by atoms with Crippen LogP contribution in [0.3, 0.4) is 0 Å². The topological polar surface area (TPSA) is 26.2 Å². The maximum absolute atomic E-state index is 5.88. The lowest BCUT2D eigenvalue weighted by molar-refractivity contribution is 0.414. The van der Waals surface area contributed by atoms with Crippen LogP contribution in [0.15, 0.2) is 42.5 Å². The minimum absolute atomic E-state index is 0.162. The summed E-state index contributed by atoms with van der Waals surface area (Å²) < 4.78 is 8.44. The molecule has 3 aromatic rings. The van der Waals surface area contributed by atoms with Crippen LogP contribution in [0.25, 0.3) is 16.8 Å². The lowest BCUT2D eigenvalue weighted by Gasteiger charge is -2.34. The molecule has 0 amide bonds. The van der Waals surface area contributed by atoms with E-state index in [4.69, 9.17) is 17.0 Å². The first kappa shape index (κ1) is 16.4. The number of rotatable bonds is 2. The van der Waals surface area contributed by atoms with Crippen molar-refractivity contribution >= 4 is 28.8 Å². The SMILES string of the molecule is COc1ccc2c(c1)-c1c(sn(-c3ccccc3C)c1=S)NC2(C)C. The minimum Gasteiger partial charge on any atom is -0.497 e. The molecule has 0 bridgehead atoms. The van der Waals surface area contributed by atoms with Crippen LogP contribution >= 0.6 is 23.8 Å². The molecule has 0 saturated carbocycles. The van der Waals surface area contributed by atoms with Crippen molar-refractivity contribution in [2.45, 2.75) is 26.3 Å². The van der Waals surface area contributed by atoms with Gasteiger partial charge in [-0.1, -0.05) is 36.5 Å². The highest BCUT2D eigenvalue weighted by Crippen LogP contribution is 2.48. The summed E-state index contributed by atoms with van der Waals surface area (Å²) in [6.45, 7) is 6.51. The summed E-state index contributed by atoms with van der Waals surface area (Å²) in [6, 6.07) is 14.6. The molecule has 1 aromatic heterocycles. The summed E-state index contributed by atoms with van der Waals surface area (Å²) in [4.78, 5) is 0. The number of ether oxygens (including phenoxy) is 1. The zero-order chi connectivity index (χ0) is 17.8. The van der Waals surface area contributed by atoms with Crippen LogP contribution in [-0.2, 0) is 5.54 Å². The molecule has 2 heterocycles. The van der Waals surface area contributed by atoms with Gasteiger partial charge in [-0.3, -0.25) is 3.96 Å². The zero-order valence-electron chi connectivity index (χ0n) is 14.7. The highest BCUT2D eigenvalue weighted by atomic mass is 32.1. The van der Waals surface area contributed by atoms with Crippen molar-refractivity contribution in [3.8, 4) is 22.6 Å². The molecule has 0 radical (unpaired) electrons. The lowest BCUT2D eigenvalue weighted by atomic mass is 9.84. The average molecular weight is 369 g/mol. The van der Waals surface area contributed by atoms with Crippen LogP contribution in [0, 0.1) is 11.6 Å². The maximum Gasteiger partial charge on any atom is 0.131 e. The Morgan fingerprint density at radius 3 is 2.64 bits per heavy atom. The van der Waals surface area contributed by atoms with Gasteiger partial charge >= 0.3 is 0 Å². The van der Waals surface area contributed by atoms with Crippen LogP contribution in [-0.4, -0.2) is 11.1 Å². The maximum atomic E-state index is 5.88. The number of methoxy groups -OCH3 is 1. The van der Waals surface area contributed by atoms with E-state index in [1.165, 1.54) is 11.1 Å². The van der Waals surface area contributed by atoms with E-state index in [-0.39, 0.29) is 5.54 Å². The Kier molecular flexibility index (Phi) is 3.74. The molecule has 25 heavy (non-hydrogen) atoms. The van der Waals surface area contributed by atoms with Gasteiger partial charge in [0.15, 0.2) is 0 Å². The third-order valence-corrected chi connectivity index (χ3v) is 6.29. The molecule has 1 aliphatic heterocycles. The molecule has 128 valence electrons. The molecule has 0 saturated heterocycles. The number of para-hydroxylation sites is 1. The van der Waals surface area contributed by atoms with Gasteiger partial charge < -0.3 is 10.1 Å². The molecule has 3 nitrogen and oxygen atoms in total. The Labute approximate surface area is 157 Å². The van der Waals surface area contributed by atoms with Crippen LogP contribution in [0.4, 0.5) is 5.00 Å². The monoisotopic (exact) mass is 368 g/mol. The normalized spacial score (nSPS) is 14.4. The first-order valence-electron chi connectivity index (χ1n) is 8.22. The second-order valence-corrected chi connectivity index (χ2v) is 8.19. The zero-order valence-corrected chi connectivity index (χ0v) is 16.3. The fourth-order valence-electron chi connectivity index (χ4n) is 3.40. The number of hydrogen-bond acceptors (Lipinski definition) is 4. The smallest absolute Gasteiger partial charge is 0.131 e. The quantitative estimate of drug-likeness (QED) is 0.569. The summed E-state index contributed by atoms with van der Waals surface area (Å²) in [7, 11) is 1.70. The van der Waals surface area contributed by atoms with Gasteiger partial charge in [0.1, 0.15) is 15.4 Å². The van der Waals surface area contributed by atoms with Gasteiger partial charge in [0.25, 0.3) is 0 Å². The van der Waals surface area contributed by atoms with E-state index in [2.05, 4.69) is 66.4 Å². The van der Waals surface area contributed by atoms with Gasteiger partial charge in [0.05, 0.1) is 23.9 Å². The second-order valence-electron chi connectivity index (χ2n) is 6.84. The summed E-state index contributed by atoms with van der Waals surface area (Å²) in [5.74, 6) is 0.852. The van der Waals surface area contributed by atoms with Crippen LogP contribution in [0.5, 0.6) is 5.75 Å². The molecule has 0 atom stereocenters. The number of hydrogen-bond donors (Lipinski definition) is 1. The van der Waals surface area contributed by atoms with Gasteiger partial charge in [-0.15, -0.1) is 0 Å². The van der Waals surface area contributed by atoms with Gasteiger partial charge in [0.2, 0.25) is 0 Å². The number of aromatic nitrogens is 1. The highest BCUT2D eigenvalue weighted by Gasteiger charge is 2.33. The van der Waals surface area contributed by atoms with E-state index >= 15 is 0 Å².